The molecule has 110 valence electrons. The molecule has 0 aliphatic rings. The van der Waals surface area contributed by atoms with Gasteiger partial charge in [-0.25, -0.2) is 4.39 Å². The number of carbonyl (C=O) groups excluding carboxylic acids is 1. The lowest BCUT2D eigenvalue weighted by molar-refractivity contribution is -0.140. The Kier molecular flexibility index (Phi) is 3.93. The Morgan fingerprint density at radius 1 is 1.14 bits per heavy atom. The van der Waals surface area contributed by atoms with Gasteiger partial charge in [-0.3, -0.25) is 9.78 Å². The summed E-state index contributed by atoms with van der Waals surface area (Å²) in [4.78, 5) is 15.9. The Labute approximate surface area is 117 Å². The largest absolute Gasteiger partial charge is 0.495 e. The van der Waals surface area contributed by atoms with Crippen molar-refractivity contribution in [1.82, 2.24) is 4.98 Å². The van der Waals surface area contributed by atoms with Gasteiger partial charge in [0, 0.05) is 17.3 Å². The van der Waals surface area contributed by atoms with E-state index >= 15 is 0 Å². The predicted octanol–water partition coefficient (Wildman–Crippen LogP) is 3.48. The van der Waals surface area contributed by atoms with Crippen molar-refractivity contribution < 1.29 is 27.1 Å². The molecule has 0 unspecified atom stereocenters. The van der Waals surface area contributed by atoms with E-state index in [0.717, 1.165) is 6.07 Å². The second-order valence-electron chi connectivity index (χ2n) is 4.13. The number of rotatable bonds is 3. The number of methoxy groups -OCH3 is 1. The van der Waals surface area contributed by atoms with Gasteiger partial charge in [-0.1, -0.05) is 0 Å². The van der Waals surface area contributed by atoms with Gasteiger partial charge in [-0.2, -0.15) is 13.2 Å². The minimum atomic E-state index is -4.87. The highest BCUT2D eigenvalue weighted by Gasteiger charge is 2.34. The summed E-state index contributed by atoms with van der Waals surface area (Å²) in [6, 6.07) is 3.43. The van der Waals surface area contributed by atoms with Crippen LogP contribution in [0.2, 0.25) is 0 Å². The number of ketones is 1. The first-order valence-corrected chi connectivity index (χ1v) is 5.73. The third-order valence-corrected chi connectivity index (χ3v) is 2.74. The number of pyridine rings is 1. The van der Waals surface area contributed by atoms with E-state index in [1.165, 1.54) is 25.6 Å². The van der Waals surface area contributed by atoms with Crippen LogP contribution in [0.1, 0.15) is 21.5 Å². The highest BCUT2D eigenvalue weighted by atomic mass is 19.4. The molecule has 7 heteroatoms. The number of hydrogen-bond donors (Lipinski definition) is 0. The molecule has 2 rings (SSSR count). The van der Waals surface area contributed by atoms with Crippen LogP contribution >= 0.6 is 0 Å². The molecule has 0 aliphatic carbocycles. The van der Waals surface area contributed by atoms with Gasteiger partial charge in [-0.05, 0) is 24.3 Å². The van der Waals surface area contributed by atoms with Crippen molar-refractivity contribution in [2.75, 3.05) is 7.11 Å². The standard InChI is InChI=1S/C14H9F4NO2/c1-21-10-4-9(6-19-7-10)13(20)8-2-3-12(15)11(5-8)14(16,17)18/h2-7H,1H3. The minimum Gasteiger partial charge on any atom is -0.495 e. The van der Waals surface area contributed by atoms with Gasteiger partial charge in [0.2, 0.25) is 0 Å². The number of aromatic nitrogens is 1. The average molecular weight is 299 g/mol. The summed E-state index contributed by atoms with van der Waals surface area (Å²) in [6.45, 7) is 0. The van der Waals surface area contributed by atoms with Gasteiger partial charge < -0.3 is 4.74 Å². The van der Waals surface area contributed by atoms with E-state index in [4.69, 9.17) is 4.74 Å². The lowest BCUT2D eigenvalue weighted by atomic mass is 10.0. The molecule has 0 spiro atoms. The number of carbonyl (C=O) groups is 1. The maximum absolute atomic E-state index is 13.2. The molecule has 0 saturated carbocycles. The Morgan fingerprint density at radius 3 is 2.48 bits per heavy atom. The average Bonchev–Trinajstić information content (AvgIpc) is 2.46. The maximum Gasteiger partial charge on any atom is 0.419 e. The van der Waals surface area contributed by atoms with Crippen LogP contribution in [-0.2, 0) is 6.18 Å². The molecule has 0 saturated heterocycles. The molecular weight excluding hydrogens is 290 g/mol. The molecule has 3 nitrogen and oxygen atoms in total. The summed E-state index contributed by atoms with van der Waals surface area (Å²) >= 11 is 0. The van der Waals surface area contributed by atoms with Crippen LogP contribution in [0, 0.1) is 5.82 Å². The fourth-order valence-corrected chi connectivity index (χ4v) is 1.71. The van der Waals surface area contributed by atoms with Crippen molar-refractivity contribution in [2.24, 2.45) is 0 Å². The van der Waals surface area contributed by atoms with E-state index in [1.807, 2.05) is 0 Å². The van der Waals surface area contributed by atoms with Crippen molar-refractivity contribution >= 4 is 5.78 Å². The molecule has 0 radical (unpaired) electrons. The van der Waals surface area contributed by atoms with Crippen LogP contribution in [0.25, 0.3) is 0 Å². The molecule has 21 heavy (non-hydrogen) atoms. The molecule has 1 aromatic heterocycles. The Balaban J connectivity index is 2.44. The molecule has 0 fully saturated rings. The van der Waals surface area contributed by atoms with Crippen molar-refractivity contribution in [2.45, 2.75) is 6.18 Å². The van der Waals surface area contributed by atoms with Gasteiger partial charge in [0.25, 0.3) is 0 Å². The van der Waals surface area contributed by atoms with E-state index < -0.39 is 23.3 Å². The predicted molar refractivity (Wildman–Crippen MR) is 65.6 cm³/mol. The zero-order valence-corrected chi connectivity index (χ0v) is 10.7. The fraction of sp³-hybridized carbons (Fsp3) is 0.143. The lowest BCUT2D eigenvalue weighted by Crippen LogP contribution is -2.11. The molecule has 1 aromatic carbocycles. The molecular formula is C14H9F4NO2. The SMILES string of the molecule is COc1cncc(C(=O)c2ccc(F)c(C(F)(F)F)c2)c1. The molecule has 0 amide bonds. The lowest BCUT2D eigenvalue weighted by Gasteiger charge is -2.10. The smallest absolute Gasteiger partial charge is 0.419 e. The number of nitrogens with zero attached hydrogens (tertiary/aromatic N) is 1. The zero-order chi connectivity index (χ0) is 15.6. The van der Waals surface area contributed by atoms with Crippen LogP contribution in [0.5, 0.6) is 5.75 Å². The van der Waals surface area contributed by atoms with Gasteiger partial charge in [0.05, 0.1) is 18.9 Å². The van der Waals surface area contributed by atoms with Crippen LogP contribution in [0.3, 0.4) is 0 Å². The summed E-state index contributed by atoms with van der Waals surface area (Å²) in [5.41, 5.74) is -1.71. The maximum atomic E-state index is 13.2. The van der Waals surface area contributed by atoms with Gasteiger partial charge >= 0.3 is 6.18 Å². The van der Waals surface area contributed by atoms with Crippen LogP contribution in [-0.4, -0.2) is 17.9 Å². The summed E-state index contributed by atoms with van der Waals surface area (Å²) < 4.78 is 56.0. The summed E-state index contributed by atoms with van der Waals surface area (Å²) in [6.07, 6.45) is -2.32. The zero-order valence-electron chi connectivity index (χ0n) is 10.7. The second kappa shape index (κ2) is 5.51. The monoisotopic (exact) mass is 299 g/mol. The molecule has 0 aliphatic heterocycles. The van der Waals surface area contributed by atoms with Crippen molar-refractivity contribution in [3.8, 4) is 5.75 Å². The topological polar surface area (TPSA) is 39.2 Å². The first kappa shape index (κ1) is 15.0. The van der Waals surface area contributed by atoms with Crippen molar-refractivity contribution in [3.05, 3.63) is 59.2 Å². The van der Waals surface area contributed by atoms with E-state index in [2.05, 4.69) is 4.98 Å². The molecule has 0 atom stereocenters. The summed E-state index contributed by atoms with van der Waals surface area (Å²) in [5.74, 6) is -1.84. The minimum absolute atomic E-state index is 0.0501. The van der Waals surface area contributed by atoms with E-state index in [9.17, 15) is 22.4 Å². The van der Waals surface area contributed by atoms with Gasteiger partial charge in [0.15, 0.2) is 5.78 Å². The number of benzene rings is 1. The van der Waals surface area contributed by atoms with Crippen molar-refractivity contribution in [1.29, 1.82) is 0 Å². The van der Waals surface area contributed by atoms with E-state index in [0.29, 0.717) is 17.9 Å². The number of hydrogen-bond acceptors (Lipinski definition) is 3. The number of halogens is 4. The number of alkyl halides is 3. The quantitative estimate of drug-likeness (QED) is 0.643. The molecule has 0 N–H and O–H groups in total. The normalized spacial score (nSPS) is 11.3. The first-order valence-electron chi connectivity index (χ1n) is 5.73. The third-order valence-electron chi connectivity index (χ3n) is 2.74. The summed E-state index contributed by atoms with van der Waals surface area (Å²) in [5, 5.41) is 0. The Morgan fingerprint density at radius 2 is 1.86 bits per heavy atom. The van der Waals surface area contributed by atoms with Crippen LogP contribution < -0.4 is 4.74 Å². The highest BCUT2D eigenvalue weighted by Crippen LogP contribution is 2.32. The van der Waals surface area contributed by atoms with Crippen LogP contribution in [0.4, 0.5) is 17.6 Å². The third kappa shape index (κ3) is 3.18. The number of ether oxygens (including phenoxy) is 1. The fourth-order valence-electron chi connectivity index (χ4n) is 1.71. The van der Waals surface area contributed by atoms with Gasteiger partial charge in [-0.15, -0.1) is 0 Å². The molecule has 2 aromatic rings. The Bertz CT molecular complexity index is 683. The second-order valence-corrected chi connectivity index (χ2v) is 4.13. The Hall–Kier alpha value is -2.44. The van der Waals surface area contributed by atoms with Gasteiger partial charge in [0.1, 0.15) is 11.6 Å². The highest BCUT2D eigenvalue weighted by molar-refractivity contribution is 6.09. The molecule has 0 bridgehead atoms. The summed E-state index contributed by atoms with van der Waals surface area (Å²) in [7, 11) is 1.37. The first-order chi connectivity index (χ1) is 9.82. The van der Waals surface area contributed by atoms with E-state index in [1.54, 1.807) is 0 Å². The van der Waals surface area contributed by atoms with Crippen molar-refractivity contribution in [3.63, 3.8) is 0 Å². The molecule has 1 heterocycles. The van der Waals surface area contributed by atoms with E-state index in [-0.39, 0.29) is 11.1 Å². The van der Waals surface area contributed by atoms with Crippen LogP contribution in [0.15, 0.2) is 36.7 Å².